The van der Waals surface area contributed by atoms with E-state index in [4.69, 9.17) is 9.52 Å². The van der Waals surface area contributed by atoms with Gasteiger partial charge < -0.3 is 14.8 Å². The lowest BCUT2D eigenvalue weighted by Gasteiger charge is -2.03. The number of aromatic carboxylic acids is 1. The SMILES string of the molecule is CCc1ccc(C(=O)NCc2cc(C(=O)O)ccn2)o1. The lowest BCUT2D eigenvalue weighted by molar-refractivity contribution is 0.0696. The molecule has 0 saturated heterocycles. The fourth-order valence-corrected chi connectivity index (χ4v) is 1.66. The number of pyridine rings is 1. The van der Waals surface area contributed by atoms with Crippen LogP contribution in [0.25, 0.3) is 0 Å². The zero-order chi connectivity index (χ0) is 14.5. The number of amides is 1. The van der Waals surface area contributed by atoms with Crippen LogP contribution in [0.1, 0.15) is 39.3 Å². The number of carbonyl (C=O) groups is 2. The summed E-state index contributed by atoms with van der Waals surface area (Å²) in [6, 6.07) is 6.17. The first kappa shape index (κ1) is 13.8. The average Bonchev–Trinajstić information content (AvgIpc) is 2.94. The van der Waals surface area contributed by atoms with Gasteiger partial charge in [0.15, 0.2) is 5.76 Å². The summed E-state index contributed by atoms with van der Waals surface area (Å²) in [5, 5.41) is 11.5. The smallest absolute Gasteiger partial charge is 0.335 e. The topological polar surface area (TPSA) is 92.4 Å². The molecule has 2 N–H and O–H groups in total. The highest BCUT2D eigenvalue weighted by Crippen LogP contribution is 2.08. The summed E-state index contributed by atoms with van der Waals surface area (Å²) in [6.45, 7) is 2.07. The Balaban J connectivity index is 1.99. The van der Waals surface area contributed by atoms with Gasteiger partial charge in [-0.1, -0.05) is 6.92 Å². The van der Waals surface area contributed by atoms with E-state index in [9.17, 15) is 9.59 Å². The van der Waals surface area contributed by atoms with Crippen LogP contribution in [0.5, 0.6) is 0 Å². The maximum Gasteiger partial charge on any atom is 0.335 e. The Morgan fingerprint density at radius 3 is 2.80 bits per heavy atom. The van der Waals surface area contributed by atoms with Crippen LogP contribution in [-0.4, -0.2) is 22.0 Å². The molecule has 0 spiro atoms. The summed E-state index contributed by atoms with van der Waals surface area (Å²) in [5.41, 5.74) is 0.607. The number of carboxylic acid groups (broad SMARTS) is 1. The molecule has 0 aliphatic rings. The van der Waals surface area contributed by atoms with Crippen molar-refractivity contribution in [3.63, 3.8) is 0 Å². The van der Waals surface area contributed by atoms with Crippen molar-refractivity contribution in [1.29, 1.82) is 0 Å². The van der Waals surface area contributed by atoms with Crippen molar-refractivity contribution >= 4 is 11.9 Å². The first-order chi connectivity index (χ1) is 9.60. The lowest BCUT2D eigenvalue weighted by Crippen LogP contribution is -2.23. The Labute approximate surface area is 115 Å². The van der Waals surface area contributed by atoms with Crippen molar-refractivity contribution in [1.82, 2.24) is 10.3 Å². The number of nitrogens with zero attached hydrogens (tertiary/aromatic N) is 1. The van der Waals surface area contributed by atoms with Crippen LogP contribution in [0.3, 0.4) is 0 Å². The highest BCUT2D eigenvalue weighted by molar-refractivity contribution is 5.91. The highest BCUT2D eigenvalue weighted by Gasteiger charge is 2.11. The number of furan rings is 1. The van der Waals surface area contributed by atoms with E-state index in [1.54, 1.807) is 12.1 Å². The molecule has 6 nitrogen and oxygen atoms in total. The molecule has 0 unspecified atom stereocenters. The van der Waals surface area contributed by atoms with Crippen LogP contribution < -0.4 is 5.32 Å². The van der Waals surface area contributed by atoms with E-state index in [0.717, 1.165) is 12.2 Å². The molecule has 2 rings (SSSR count). The van der Waals surface area contributed by atoms with Gasteiger partial charge in [0.25, 0.3) is 5.91 Å². The molecule has 2 aromatic rings. The molecule has 0 aromatic carbocycles. The van der Waals surface area contributed by atoms with Crippen molar-refractivity contribution in [2.45, 2.75) is 19.9 Å². The summed E-state index contributed by atoms with van der Waals surface area (Å²) in [6.07, 6.45) is 2.11. The standard InChI is InChI=1S/C14H14N2O4/c1-2-11-3-4-12(20-11)13(17)16-8-10-7-9(14(18)19)5-6-15-10/h3-7H,2,8H2,1H3,(H,16,17)(H,18,19). The number of nitrogens with one attached hydrogen (secondary N) is 1. The normalized spacial score (nSPS) is 10.2. The first-order valence-corrected chi connectivity index (χ1v) is 6.15. The van der Waals surface area contributed by atoms with E-state index in [1.807, 2.05) is 6.92 Å². The fourth-order valence-electron chi connectivity index (χ4n) is 1.66. The van der Waals surface area contributed by atoms with Gasteiger partial charge in [0.1, 0.15) is 5.76 Å². The minimum atomic E-state index is -1.03. The molecule has 2 heterocycles. The molecule has 2 aromatic heterocycles. The van der Waals surface area contributed by atoms with Crippen LogP contribution in [0, 0.1) is 0 Å². The zero-order valence-corrected chi connectivity index (χ0v) is 10.9. The monoisotopic (exact) mass is 274 g/mol. The molecule has 0 radical (unpaired) electrons. The molecule has 20 heavy (non-hydrogen) atoms. The number of hydrogen-bond donors (Lipinski definition) is 2. The number of rotatable bonds is 5. The summed E-state index contributed by atoms with van der Waals surface area (Å²) in [4.78, 5) is 26.6. The van der Waals surface area contributed by atoms with Gasteiger partial charge in [-0.3, -0.25) is 9.78 Å². The predicted molar refractivity (Wildman–Crippen MR) is 70.5 cm³/mol. The minimum Gasteiger partial charge on any atom is -0.478 e. The predicted octanol–water partition coefficient (Wildman–Crippen LogP) is 1.87. The molecule has 0 aliphatic heterocycles. The van der Waals surface area contributed by atoms with Crippen molar-refractivity contribution in [2.24, 2.45) is 0 Å². The number of carbonyl (C=O) groups excluding carboxylic acids is 1. The van der Waals surface area contributed by atoms with Crippen molar-refractivity contribution < 1.29 is 19.1 Å². The Bertz CT molecular complexity index is 634. The van der Waals surface area contributed by atoms with Crippen LogP contribution in [0.2, 0.25) is 0 Å². The maximum atomic E-state index is 11.8. The molecule has 0 bridgehead atoms. The van der Waals surface area contributed by atoms with Crippen LogP contribution in [-0.2, 0) is 13.0 Å². The largest absolute Gasteiger partial charge is 0.478 e. The molecule has 0 atom stereocenters. The third kappa shape index (κ3) is 3.23. The maximum absolute atomic E-state index is 11.8. The summed E-state index contributed by atoms with van der Waals surface area (Å²) in [7, 11) is 0. The second kappa shape index (κ2) is 6.01. The van der Waals surface area contributed by atoms with Gasteiger partial charge >= 0.3 is 5.97 Å². The van der Waals surface area contributed by atoms with Crippen molar-refractivity contribution in [3.8, 4) is 0 Å². The van der Waals surface area contributed by atoms with Gasteiger partial charge in [-0.2, -0.15) is 0 Å². The summed E-state index contributed by atoms with van der Waals surface area (Å²) < 4.78 is 5.32. The van der Waals surface area contributed by atoms with E-state index < -0.39 is 5.97 Å². The average molecular weight is 274 g/mol. The molecular weight excluding hydrogens is 260 g/mol. The summed E-state index contributed by atoms with van der Waals surface area (Å²) in [5.74, 6) is -0.414. The number of hydrogen-bond acceptors (Lipinski definition) is 4. The van der Waals surface area contributed by atoms with Gasteiger partial charge in [0.05, 0.1) is 17.8 Å². The highest BCUT2D eigenvalue weighted by atomic mass is 16.4. The quantitative estimate of drug-likeness (QED) is 0.868. The fraction of sp³-hybridized carbons (Fsp3) is 0.214. The van der Waals surface area contributed by atoms with Crippen LogP contribution in [0.15, 0.2) is 34.9 Å². The van der Waals surface area contributed by atoms with Gasteiger partial charge in [0.2, 0.25) is 0 Å². The molecular formula is C14H14N2O4. The number of aryl methyl sites for hydroxylation is 1. The van der Waals surface area contributed by atoms with Crippen LogP contribution in [0.4, 0.5) is 0 Å². The van der Waals surface area contributed by atoms with Gasteiger partial charge in [-0.15, -0.1) is 0 Å². The van der Waals surface area contributed by atoms with E-state index in [2.05, 4.69) is 10.3 Å². The molecule has 0 fully saturated rings. The Morgan fingerprint density at radius 2 is 2.15 bits per heavy atom. The van der Waals surface area contributed by atoms with Crippen molar-refractivity contribution in [2.75, 3.05) is 0 Å². The van der Waals surface area contributed by atoms with E-state index in [-0.39, 0.29) is 23.8 Å². The lowest BCUT2D eigenvalue weighted by atomic mass is 10.2. The second-order valence-electron chi connectivity index (χ2n) is 4.14. The van der Waals surface area contributed by atoms with Crippen molar-refractivity contribution in [3.05, 3.63) is 53.2 Å². The molecule has 104 valence electrons. The number of aromatic nitrogens is 1. The molecule has 0 aliphatic carbocycles. The molecule has 6 heteroatoms. The number of carboxylic acids is 1. The third-order valence-electron chi connectivity index (χ3n) is 2.73. The van der Waals surface area contributed by atoms with E-state index >= 15 is 0 Å². The van der Waals surface area contributed by atoms with E-state index in [1.165, 1.54) is 18.3 Å². The Kier molecular flexibility index (Phi) is 4.14. The Hall–Kier alpha value is -2.63. The Morgan fingerprint density at radius 1 is 1.35 bits per heavy atom. The van der Waals surface area contributed by atoms with Gasteiger partial charge in [-0.05, 0) is 24.3 Å². The first-order valence-electron chi connectivity index (χ1n) is 6.15. The van der Waals surface area contributed by atoms with E-state index in [0.29, 0.717) is 5.69 Å². The second-order valence-corrected chi connectivity index (χ2v) is 4.14. The minimum absolute atomic E-state index is 0.135. The molecule has 1 amide bonds. The van der Waals surface area contributed by atoms with Crippen LogP contribution >= 0.6 is 0 Å². The van der Waals surface area contributed by atoms with Gasteiger partial charge in [0, 0.05) is 12.6 Å². The van der Waals surface area contributed by atoms with Gasteiger partial charge in [-0.25, -0.2) is 4.79 Å². The third-order valence-corrected chi connectivity index (χ3v) is 2.73. The zero-order valence-electron chi connectivity index (χ0n) is 10.9. The molecule has 0 saturated carbocycles. The summed E-state index contributed by atoms with van der Waals surface area (Å²) >= 11 is 0.